The fourth-order valence-electron chi connectivity index (χ4n) is 6.69. The summed E-state index contributed by atoms with van der Waals surface area (Å²) in [5.74, 6) is 2.82. The maximum absolute atomic E-state index is 11.8. The number of aliphatic hydroxyl groups is 1. The van der Waals surface area contributed by atoms with Crippen molar-refractivity contribution in [1.82, 2.24) is 0 Å². The molecular weight excluding hydrogens is 320 g/mol. The Bertz CT molecular complexity index is 621. The zero-order chi connectivity index (χ0) is 17.1. The lowest BCUT2D eigenvalue weighted by atomic mass is 9.46. The molecule has 0 aromatic heterocycles. The molecule has 0 unspecified atom stereocenters. The summed E-state index contributed by atoms with van der Waals surface area (Å²) in [6.45, 7) is 4.34. The van der Waals surface area contributed by atoms with Gasteiger partial charge in [0.25, 0.3) is 0 Å². The number of hydrogen-bond donors (Lipinski definition) is 1. The van der Waals surface area contributed by atoms with Gasteiger partial charge in [0, 0.05) is 16.9 Å². The van der Waals surface area contributed by atoms with Crippen LogP contribution in [-0.4, -0.2) is 16.5 Å². The molecule has 4 aliphatic carbocycles. The zero-order valence-electron chi connectivity index (χ0n) is 14.9. The molecule has 3 heteroatoms. The first-order valence-corrected chi connectivity index (χ1v) is 10.1. The molecule has 0 saturated heterocycles. The van der Waals surface area contributed by atoms with Gasteiger partial charge in [0.1, 0.15) is 5.60 Å². The van der Waals surface area contributed by atoms with E-state index in [1.807, 2.05) is 6.08 Å². The van der Waals surface area contributed by atoms with Crippen LogP contribution in [0.1, 0.15) is 65.2 Å². The smallest absolute Gasteiger partial charge is 0.155 e. The predicted molar refractivity (Wildman–Crippen MR) is 96.7 cm³/mol. The van der Waals surface area contributed by atoms with E-state index in [9.17, 15) is 9.90 Å². The molecule has 0 heterocycles. The summed E-state index contributed by atoms with van der Waals surface area (Å²) in [6, 6.07) is 0. The Labute approximate surface area is 150 Å². The molecule has 24 heavy (non-hydrogen) atoms. The van der Waals surface area contributed by atoms with Crippen molar-refractivity contribution < 1.29 is 9.90 Å². The van der Waals surface area contributed by atoms with E-state index in [2.05, 4.69) is 19.9 Å². The highest BCUT2D eigenvalue weighted by Crippen LogP contribution is 2.64. The van der Waals surface area contributed by atoms with Crippen LogP contribution in [0.25, 0.3) is 0 Å². The summed E-state index contributed by atoms with van der Waals surface area (Å²) >= 11 is 6.50. The van der Waals surface area contributed by atoms with Crippen molar-refractivity contribution in [3.8, 4) is 0 Å². The molecule has 2 fully saturated rings. The van der Waals surface area contributed by atoms with E-state index in [-0.39, 0.29) is 5.41 Å². The quantitative estimate of drug-likeness (QED) is 0.723. The van der Waals surface area contributed by atoms with Crippen LogP contribution in [0.4, 0.5) is 0 Å². The standard InChI is InChI=1S/C21H29ClO2/c1-3-21(24)19(22)9-8-18-17-6-4-13-12-14(23)5-7-15(13)16(17)10-11-20(18,21)2/h9,12,15-18,24H,3-8,10-11H2,1-2H3/t15-,16+,17+,18-,20-,21-/m0/s1. The topological polar surface area (TPSA) is 37.3 Å². The van der Waals surface area contributed by atoms with Crippen LogP contribution in [0, 0.1) is 29.1 Å². The average molecular weight is 349 g/mol. The van der Waals surface area contributed by atoms with Gasteiger partial charge < -0.3 is 5.11 Å². The highest BCUT2D eigenvalue weighted by molar-refractivity contribution is 6.30. The molecular formula is C21H29ClO2. The molecule has 2 nitrogen and oxygen atoms in total. The molecule has 1 N–H and O–H groups in total. The van der Waals surface area contributed by atoms with Crippen LogP contribution in [0.3, 0.4) is 0 Å². The highest BCUT2D eigenvalue weighted by atomic mass is 35.5. The number of hydrogen-bond acceptors (Lipinski definition) is 2. The van der Waals surface area contributed by atoms with Crippen molar-refractivity contribution in [2.75, 3.05) is 0 Å². The Hall–Kier alpha value is -0.600. The van der Waals surface area contributed by atoms with Crippen molar-refractivity contribution in [2.45, 2.75) is 70.8 Å². The summed E-state index contributed by atoms with van der Waals surface area (Å²) in [4.78, 5) is 11.8. The number of fused-ring (bicyclic) bond motifs is 5. The van der Waals surface area contributed by atoms with E-state index in [1.165, 1.54) is 18.4 Å². The van der Waals surface area contributed by atoms with Crippen LogP contribution >= 0.6 is 11.6 Å². The van der Waals surface area contributed by atoms with Crippen molar-refractivity contribution in [2.24, 2.45) is 29.1 Å². The molecule has 0 spiro atoms. The average Bonchev–Trinajstić information content (AvgIpc) is 2.58. The summed E-state index contributed by atoms with van der Waals surface area (Å²) in [6.07, 6.45) is 12.0. The molecule has 2 saturated carbocycles. The van der Waals surface area contributed by atoms with Gasteiger partial charge in [0.05, 0.1) is 0 Å². The summed E-state index contributed by atoms with van der Waals surface area (Å²) in [5, 5.41) is 12.1. The lowest BCUT2D eigenvalue weighted by molar-refractivity contribution is -0.143. The van der Waals surface area contributed by atoms with Gasteiger partial charge in [-0.05, 0) is 74.7 Å². The second-order valence-corrected chi connectivity index (χ2v) is 9.17. The van der Waals surface area contributed by atoms with Crippen molar-refractivity contribution in [3.05, 3.63) is 22.8 Å². The number of rotatable bonds is 1. The molecule has 0 bridgehead atoms. The van der Waals surface area contributed by atoms with Gasteiger partial charge in [-0.25, -0.2) is 0 Å². The van der Waals surface area contributed by atoms with E-state index in [0.29, 0.717) is 40.9 Å². The number of halogens is 1. The lowest BCUT2D eigenvalue weighted by Gasteiger charge is -2.61. The Morgan fingerprint density at radius 1 is 1.25 bits per heavy atom. The van der Waals surface area contributed by atoms with E-state index >= 15 is 0 Å². The van der Waals surface area contributed by atoms with Crippen LogP contribution in [0.2, 0.25) is 0 Å². The summed E-state index contributed by atoms with van der Waals surface area (Å²) < 4.78 is 0. The molecule has 6 atom stereocenters. The molecule has 4 rings (SSSR count). The normalized spacial score (nSPS) is 47.9. The summed E-state index contributed by atoms with van der Waals surface area (Å²) in [7, 11) is 0. The van der Waals surface area contributed by atoms with Crippen molar-refractivity contribution in [1.29, 1.82) is 0 Å². The number of carbonyl (C=O) groups is 1. The van der Waals surface area contributed by atoms with Crippen LogP contribution < -0.4 is 0 Å². The van der Waals surface area contributed by atoms with Gasteiger partial charge in [0.2, 0.25) is 0 Å². The van der Waals surface area contributed by atoms with E-state index in [1.54, 1.807) is 0 Å². The number of allylic oxidation sites excluding steroid dienone is 3. The number of ketones is 1. The minimum atomic E-state index is -0.860. The summed E-state index contributed by atoms with van der Waals surface area (Å²) in [5.41, 5.74) is 0.452. The van der Waals surface area contributed by atoms with Crippen molar-refractivity contribution >= 4 is 17.4 Å². The Kier molecular flexibility index (Phi) is 4.01. The molecule has 0 amide bonds. The molecule has 0 aromatic rings. The monoisotopic (exact) mass is 348 g/mol. The van der Waals surface area contributed by atoms with Gasteiger partial charge in [-0.3, -0.25) is 4.79 Å². The zero-order valence-corrected chi connectivity index (χ0v) is 15.6. The van der Waals surface area contributed by atoms with Crippen LogP contribution in [-0.2, 0) is 4.79 Å². The molecule has 4 aliphatic rings. The van der Waals surface area contributed by atoms with E-state index in [4.69, 9.17) is 11.6 Å². The lowest BCUT2D eigenvalue weighted by Crippen LogP contribution is -2.59. The van der Waals surface area contributed by atoms with Gasteiger partial charge in [0.15, 0.2) is 5.78 Å². The second kappa shape index (κ2) is 5.71. The minimum Gasteiger partial charge on any atom is -0.384 e. The fraction of sp³-hybridized carbons (Fsp3) is 0.762. The largest absolute Gasteiger partial charge is 0.384 e. The SMILES string of the molecule is CC[C@]1(O)C(Cl)=CC[C@H]2[C@@H]3CCC4=CC(=O)CC[C@@H]4[C@H]3CC[C@@]21C. The predicted octanol–water partition coefficient (Wildman–Crippen LogP) is 5.00. The number of carbonyl (C=O) groups excluding carboxylic acids is 1. The third kappa shape index (κ3) is 2.15. The maximum Gasteiger partial charge on any atom is 0.155 e. The maximum atomic E-state index is 11.8. The van der Waals surface area contributed by atoms with Gasteiger partial charge in [-0.15, -0.1) is 0 Å². The Morgan fingerprint density at radius 2 is 2.04 bits per heavy atom. The molecule has 0 radical (unpaired) electrons. The van der Waals surface area contributed by atoms with Crippen molar-refractivity contribution in [3.63, 3.8) is 0 Å². The first kappa shape index (κ1) is 16.8. The first-order chi connectivity index (χ1) is 11.4. The van der Waals surface area contributed by atoms with Crippen LogP contribution in [0.5, 0.6) is 0 Å². The molecule has 0 aliphatic heterocycles. The Balaban J connectivity index is 1.68. The fourth-order valence-corrected chi connectivity index (χ4v) is 7.13. The third-order valence-electron chi connectivity index (χ3n) is 8.09. The minimum absolute atomic E-state index is 0.111. The first-order valence-electron chi connectivity index (χ1n) is 9.72. The van der Waals surface area contributed by atoms with E-state index < -0.39 is 5.60 Å². The van der Waals surface area contributed by atoms with Gasteiger partial charge in [-0.2, -0.15) is 0 Å². The van der Waals surface area contributed by atoms with Gasteiger partial charge >= 0.3 is 0 Å². The second-order valence-electron chi connectivity index (χ2n) is 8.76. The highest BCUT2D eigenvalue weighted by Gasteiger charge is 2.60. The Morgan fingerprint density at radius 3 is 2.79 bits per heavy atom. The van der Waals surface area contributed by atoms with E-state index in [0.717, 1.165) is 32.1 Å². The van der Waals surface area contributed by atoms with Crippen LogP contribution in [0.15, 0.2) is 22.8 Å². The molecule has 132 valence electrons. The third-order valence-corrected chi connectivity index (χ3v) is 8.56. The van der Waals surface area contributed by atoms with Gasteiger partial charge in [-0.1, -0.05) is 37.1 Å². The molecule has 0 aromatic carbocycles.